The average molecular weight is 410 g/mol. The quantitative estimate of drug-likeness (QED) is 0.606. The van der Waals surface area contributed by atoms with Crippen molar-refractivity contribution >= 4 is 10.0 Å². The van der Waals surface area contributed by atoms with Crippen LogP contribution in [0.2, 0.25) is 0 Å². The van der Waals surface area contributed by atoms with Crippen molar-refractivity contribution in [2.75, 3.05) is 5.75 Å². The summed E-state index contributed by atoms with van der Waals surface area (Å²) in [7, 11) is -3.95. The Balaban J connectivity index is 1.87. The smallest absolute Gasteiger partial charge is 0.223 e. The van der Waals surface area contributed by atoms with Gasteiger partial charge in [-0.25, -0.2) is 27.3 Å². The first-order valence-electron chi connectivity index (χ1n) is 7.96. The van der Waals surface area contributed by atoms with Crippen molar-refractivity contribution in [1.82, 2.24) is 25.2 Å². The maximum Gasteiger partial charge on any atom is 0.223 e. The minimum atomic E-state index is -3.95. The van der Waals surface area contributed by atoms with Gasteiger partial charge in [0.05, 0.1) is 18.0 Å². The van der Waals surface area contributed by atoms with E-state index < -0.39 is 33.0 Å². The first-order valence-corrected chi connectivity index (χ1v) is 9.67. The summed E-state index contributed by atoms with van der Waals surface area (Å²) in [6.45, 7) is 1.11. The number of rotatable bonds is 6. The van der Waals surface area contributed by atoms with E-state index in [-0.39, 0.29) is 29.3 Å². The molecule has 3 aromatic rings. The van der Waals surface area contributed by atoms with Crippen LogP contribution < -0.4 is 5.14 Å². The molecule has 0 unspecified atom stereocenters. The van der Waals surface area contributed by atoms with Gasteiger partial charge in [-0.15, -0.1) is 10.2 Å². The number of primary sulfonamides is 1. The lowest BCUT2D eigenvalue weighted by atomic mass is 10.0. The van der Waals surface area contributed by atoms with Gasteiger partial charge in [0.2, 0.25) is 15.8 Å². The normalized spacial score (nSPS) is 14.0. The van der Waals surface area contributed by atoms with E-state index in [0.717, 1.165) is 23.0 Å². The van der Waals surface area contributed by atoms with Crippen LogP contribution in [0, 0.1) is 11.6 Å². The molecular formula is C16H16F2N6O3S. The molecule has 0 saturated heterocycles. The van der Waals surface area contributed by atoms with Crippen LogP contribution >= 0.6 is 0 Å². The predicted octanol–water partition coefficient (Wildman–Crippen LogP) is 0.558. The van der Waals surface area contributed by atoms with Gasteiger partial charge >= 0.3 is 0 Å². The van der Waals surface area contributed by atoms with E-state index in [0.29, 0.717) is 0 Å². The summed E-state index contributed by atoms with van der Waals surface area (Å²) in [6.07, 6.45) is 0. The second-order valence-corrected chi connectivity index (χ2v) is 7.98. The molecule has 0 aliphatic heterocycles. The molecule has 28 heavy (non-hydrogen) atoms. The molecule has 3 N–H and O–H groups in total. The number of tetrazole rings is 1. The summed E-state index contributed by atoms with van der Waals surface area (Å²) in [5.41, 5.74) is -1.53. The Kier molecular flexibility index (Phi) is 5.19. The molecule has 2 heterocycles. The maximum absolute atomic E-state index is 13.7. The van der Waals surface area contributed by atoms with Crippen molar-refractivity contribution in [2.24, 2.45) is 5.14 Å². The number of sulfonamides is 1. The summed E-state index contributed by atoms with van der Waals surface area (Å²) >= 11 is 0. The van der Waals surface area contributed by atoms with Gasteiger partial charge in [-0.2, -0.15) is 4.80 Å². The summed E-state index contributed by atoms with van der Waals surface area (Å²) in [5, 5.41) is 27.0. The van der Waals surface area contributed by atoms with Crippen molar-refractivity contribution in [3.63, 3.8) is 0 Å². The first kappa shape index (κ1) is 19.9. The summed E-state index contributed by atoms with van der Waals surface area (Å²) in [6, 6.07) is 7.52. The van der Waals surface area contributed by atoms with Crippen molar-refractivity contribution in [3.8, 4) is 11.5 Å². The molecule has 148 valence electrons. The van der Waals surface area contributed by atoms with Crippen LogP contribution in [0.15, 0.2) is 36.4 Å². The van der Waals surface area contributed by atoms with Gasteiger partial charge in [0, 0.05) is 5.56 Å². The van der Waals surface area contributed by atoms with Gasteiger partial charge in [0.1, 0.15) is 22.9 Å². The first-order chi connectivity index (χ1) is 13.0. The lowest BCUT2D eigenvalue weighted by molar-refractivity contribution is 0.0773. The van der Waals surface area contributed by atoms with Crippen LogP contribution in [0.4, 0.5) is 8.78 Å². The summed E-state index contributed by atoms with van der Waals surface area (Å²) in [5.74, 6) is -1.87. The second-order valence-electron chi connectivity index (χ2n) is 6.37. The highest BCUT2D eigenvalue weighted by Crippen LogP contribution is 2.22. The molecule has 0 aliphatic carbocycles. The van der Waals surface area contributed by atoms with Gasteiger partial charge in [-0.05, 0) is 42.5 Å². The Morgan fingerprint density at radius 1 is 1.25 bits per heavy atom. The van der Waals surface area contributed by atoms with E-state index in [1.165, 1.54) is 25.1 Å². The molecular weight excluding hydrogens is 394 g/mol. The Morgan fingerprint density at radius 3 is 2.71 bits per heavy atom. The van der Waals surface area contributed by atoms with Crippen LogP contribution in [-0.2, 0) is 22.2 Å². The van der Waals surface area contributed by atoms with E-state index in [2.05, 4.69) is 20.4 Å². The van der Waals surface area contributed by atoms with E-state index in [1.54, 1.807) is 0 Å². The number of hydrogen-bond acceptors (Lipinski definition) is 7. The molecule has 0 aliphatic rings. The number of nitrogens with two attached hydrogens (primary N) is 1. The third-order valence-electron chi connectivity index (χ3n) is 3.78. The molecule has 0 amide bonds. The van der Waals surface area contributed by atoms with E-state index >= 15 is 0 Å². The lowest BCUT2D eigenvalue weighted by Crippen LogP contribution is -2.35. The minimum absolute atomic E-state index is 0.0433. The van der Waals surface area contributed by atoms with Crippen LogP contribution in [0.1, 0.15) is 18.2 Å². The standard InChI is InChI=1S/C16H16F2N6O3S/c1-16(25,9-28(19,26)27)14-4-2-3-13(20-14)15-21-23-24(22-15)8-10-7-11(17)5-6-12(10)18/h2-7,25H,8-9H2,1H3,(H2,19,26,27)/t16-/m0/s1. The van der Waals surface area contributed by atoms with E-state index in [4.69, 9.17) is 5.14 Å². The molecule has 0 bridgehead atoms. The lowest BCUT2D eigenvalue weighted by Gasteiger charge is -2.21. The fraction of sp³-hybridized carbons (Fsp3) is 0.250. The molecule has 1 aromatic carbocycles. The number of benzene rings is 1. The zero-order valence-corrected chi connectivity index (χ0v) is 15.4. The number of aliphatic hydroxyl groups is 1. The Bertz CT molecular complexity index is 1120. The number of halogens is 2. The highest BCUT2D eigenvalue weighted by atomic mass is 32.2. The van der Waals surface area contributed by atoms with Gasteiger partial charge < -0.3 is 5.11 Å². The number of aromatic nitrogens is 5. The fourth-order valence-electron chi connectivity index (χ4n) is 2.55. The van der Waals surface area contributed by atoms with Crippen LogP contribution in [-0.4, -0.2) is 44.5 Å². The van der Waals surface area contributed by atoms with Crippen molar-refractivity contribution in [1.29, 1.82) is 0 Å². The zero-order chi connectivity index (χ0) is 20.5. The molecule has 9 nitrogen and oxygen atoms in total. The monoisotopic (exact) mass is 410 g/mol. The van der Waals surface area contributed by atoms with Crippen LogP contribution in [0.25, 0.3) is 11.5 Å². The Morgan fingerprint density at radius 2 is 2.00 bits per heavy atom. The summed E-state index contributed by atoms with van der Waals surface area (Å²) in [4.78, 5) is 5.23. The number of pyridine rings is 1. The average Bonchev–Trinajstić information content (AvgIpc) is 3.05. The molecule has 3 rings (SSSR count). The van der Waals surface area contributed by atoms with Crippen molar-refractivity contribution in [2.45, 2.75) is 19.1 Å². The molecule has 1 atom stereocenters. The van der Waals surface area contributed by atoms with E-state index in [1.807, 2.05) is 0 Å². The SMILES string of the molecule is C[C@](O)(CS(N)(=O)=O)c1cccc(-c2nnn(Cc3cc(F)ccc3F)n2)n1. The van der Waals surface area contributed by atoms with Gasteiger partial charge in [-0.1, -0.05) is 6.07 Å². The Labute approximate surface area is 158 Å². The maximum atomic E-state index is 13.7. The summed E-state index contributed by atoms with van der Waals surface area (Å²) < 4.78 is 49.6. The molecule has 12 heteroatoms. The molecule has 0 radical (unpaired) electrons. The molecule has 2 aromatic heterocycles. The fourth-order valence-corrected chi connectivity index (χ4v) is 3.49. The molecule has 0 saturated carbocycles. The van der Waals surface area contributed by atoms with Crippen LogP contribution in [0.3, 0.4) is 0 Å². The highest BCUT2D eigenvalue weighted by molar-refractivity contribution is 7.89. The predicted molar refractivity (Wildman–Crippen MR) is 94.1 cm³/mol. The van der Waals surface area contributed by atoms with Gasteiger partial charge in [0.25, 0.3) is 0 Å². The van der Waals surface area contributed by atoms with Crippen molar-refractivity contribution < 1.29 is 22.3 Å². The molecule has 0 spiro atoms. The van der Waals surface area contributed by atoms with Crippen molar-refractivity contribution in [3.05, 3.63) is 59.3 Å². The molecule has 0 fully saturated rings. The Hall–Kier alpha value is -2.83. The third-order valence-corrected chi connectivity index (χ3v) is 4.75. The van der Waals surface area contributed by atoms with Gasteiger partial charge in [0.15, 0.2) is 0 Å². The highest BCUT2D eigenvalue weighted by Gasteiger charge is 2.30. The zero-order valence-electron chi connectivity index (χ0n) is 14.6. The minimum Gasteiger partial charge on any atom is -0.383 e. The second kappa shape index (κ2) is 7.30. The topological polar surface area (TPSA) is 137 Å². The van der Waals surface area contributed by atoms with Gasteiger partial charge in [-0.3, -0.25) is 0 Å². The van der Waals surface area contributed by atoms with E-state index in [9.17, 15) is 22.3 Å². The van der Waals surface area contributed by atoms with Crippen LogP contribution in [0.5, 0.6) is 0 Å². The number of nitrogens with zero attached hydrogens (tertiary/aromatic N) is 5. The number of hydrogen-bond donors (Lipinski definition) is 2. The largest absolute Gasteiger partial charge is 0.383 e. The third kappa shape index (κ3) is 4.71.